The van der Waals surface area contributed by atoms with Gasteiger partial charge in [-0.1, -0.05) is 24.3 Å². The van der Waals surface area contributed by atoms with E-state index >= 15 is 0 Å². The van der Waals surface area contributed by atoms with Crippen molar-refractivity contribution in [2.45, 2.75) is 6.54 Å². The predicted molar refractivity (Wildman–Crippen MR) is 70.2 cm³/mol. The Morgan fingerprint density at radius 2 is 1.41 bits per heavy atom. The highest BCUT2D eigenvalue weighted by atomic mass is 35.5. The molecule has 0 N–H and O–H groups in total. The molecule has 2 nitrogen and oxygen atoms in total. The van der Waals surface area contributed by atoms with Crippen molar-refractivity contribution in [2.24, 2.45) is 0 Å². The molecule has 0 fully saturated rings. The van der Waals surface area contributed by atoms with Crippen molar-refractivity contribution in [1.29, 1.82) is 0 Å². The highest BCUT2D eigenvalue weighted by Gasteiger charge is 2.14. The molecule has 0 saturated heterocycles. The van der Waals surface area contributed by atoms with Crippen LogP contribution < -0.4 is 4.57 Å². The number of para-hydroxylation sites is 4. The molecule has 0 atom stereocenters. The van der Waals surface area contributed by atoms with Crippen LogP contribution in [0.2, 0.25) is 0 Å². The zero-order valence-corrected chi connectivity index (χ0v) is 10.1. The largest absolute Gasteiger partial charge is 0.235 e. The second kappa shape index (κ2) is 4.30. The Bertz CT molecular complexity index is 625. The second-order valence-electron chi connectivity index (χ2n) is 3.93. The van der Waals surface area contributed by atoms with E-state index in [9.17, 15) is 0 Å². The topological polar surface area (TPSA) is 16.8 Å². The highest BCUT2D eigenvalue weighted by Crippen LogP contribution is 2.13. The lowest BCUT2D eigenvalue weighted by atomic mass is 10.2. The number of fused-ring (bicyclic) bond motifs is 2. The Kier molecular flexibility index (Phi) is 2.65. The van der Waals surface area contributed by atoms with Gasteiger partial charge in [0.2, 0.25) is 11.0 Å². The number of rotatable bonds is 2. The van der Waals surface area contributed by atoms with E-state index in [-0.39, 0.29) is 0 Å². The van der Waals surface area contributed by atoms with Gasteiger partial charge in [-0.15, -0.1) is 11.6 Å². The Morgan fingerprint density at radius 3 is 1.94 bits per heavy atom. The fraction of sp³-hybridized carbons (Fsp3) is 0.143. The van der Waals surface area contributed by atoms with Gasteiger partial charge in [0.15, 0.2) is 6.54 Å². The lowest BCUT2D eigenvalue weighted by molar-refractivity contribution is -0.640. The summed E-state index contributed by atoms with van der Waals surface area (Å²) in [7, 11) is 0. The first-order chi connectivity index (χ1) is 8.40. The molecule has 0 amide bonds. The Morgan fingerprint density at radius 1 is 0.882 bits per heavy atom. The third-order valence-electron chi connectivity index (χ3n) is 2.89. The van der Waals surface area contributed by atoms with Crippen LogP contribution in [-0.2, 0) is 6.54 Å². The maximum absolute atomic E-state index is 5.90. The molecule has 3 heteroatoms. The van der Waals surface area contributed by atoms with Gasteiger partial charge in [-0.2, -0.15) is 4.57 Å². The fourth-order valence-corrected chi connectivity index (χ4v) is 2.33. The van der Waals surface area contributed by atoms with Crippen LogP contribution in [0.15, 0.2) is 48.5 Å². The number of halogens is 1. The Hall–Kier alpha value is -1.67. The molecular formula is C14H12ClN2+. The summed E-state index contributed by atoms with van der Waals surface area (Å²) in [4.78, 5) is 4.66. The molecule has 1 heterocycles. The van der Waals surface area contributed by atoms with E-state index < -0.39 is 0 Å². The zero-order chi connectivity index (χ0) is 11.7. The van der Waals surface area contributed by atoms with E-state index in [1.54, 1.807) is 0 Å². The van der Waals surface area contributed by atoms with Crippen LogP contribution in [0.5, 0.6) is 0 Å². The fourth-order valence-electron chi connectivity index (χ4n) is 2.16. The molecule has 0 aliphatic carbocycles. The van der Waals surface area contributed by atoms with Crippen LogP contribution in [0.25, 0.3) is 22.1 Å². The summed E-state index contributed by atoms with van der Waals surface area (Å²) in [5, 5.41) is 0. The first kappa shape index (κ1) is 10.5. The minimum atomic E-state index is 0.600. The molecule has 0 aliphatic heterocycles. The van der Waals surface area contributed by atoms with Gasteiger partial charge in [-0.05, 0) is 12.1 Å². The zero-order valence-electron chi connectivity index (χ0n) is 9.31. The van der Waals surface area contributed by atoms with Crippen LogP contribution in [0.4, 0.5) is 0 Å². The van der Waals surface area contributed by atoms with Gasteiger partial charge in [0.05, 0.1) is 5.88 Å². The third-order valence-corrected chi connectivity index (χ3v) is 3.06. The molecule has 0 radical (unpaired) electrons. The van der Waals surface area contributed by atoms with E-state index in [1.807, 2.05) is 36.4 Å². The summed E-state index contributed by atoms with van der Waals surface area (Å²) in [6, 6.07) is 16.3. The molecular weight excluding hydrogens is 232 g/mol. The van der Waals surface area contributed by atoms with Crippen molar-refractivity contribution in [2.75, 3.05) is 5.88 Å². The van der Waals surface area contributed by atoms with Crippen LogP contribution in [-0.4, -0.2) is 10.9 Å². The smallest absolute Gasteiger partial charge is 0.231 e. The Balaban J connectivity index is 2.47. The molecule has 84 valence electrons. The molecule has 0 aliphatic rings. The van der Waals surface area contributed by atoms with Crippen LogP contribution in [0.3, 0.4) is 0 Å². The Labute approximate surface area is 104 Å². The van der Waals surface area contributed by atoms with Crippen molar-refractivity contribution in [1.82, 2.24) is 4.98 Å². The molecule has 17 heavy (non-hydrogen) atoms. The van der Waals surface area contributed by atoms with Gasteiger partial charge in [-0.25, -0.2) is 4.98 Å². The van der Waals surface area contributed by atoms with Crippen LogP contribution in [0, 0.1) is 0 Å². The summed E-state index contributed by atoms with van der Waals surface area (Å²) in [5.74, 6) is 0.600. The van der Waals surface area contributed by atoms with Crippen molar-refractivity contribution < 1.29 is 4.57 Å². The van der Waals surface area contributed by atoms with Gasteiger partial charge >= 0.3 is 0 Å². The SMILES string of the molecule is ClCC[n+]1c2ccccc2nc2ccccc21. The number of alkyl halides is 1. The summed E-state index contributed by atoms with van der Waals surface area (Å²) < 4.78 is 2.23. The van der Waals surface area contributed by atoms with Crippen molar-refractivity contribution >= 4 is 33.7 Å². The van der Waals surface area contributed by atoms with E-state index in [0.717, 1.165) is 28.6 Å². The van der Waals surface area contributed by atoms with Crippen LogP contribution >= 0.6 is 11.6 Å². The van der Waals surface area contributed by atoms with E-state index in [2.05, 4.69) is 21.7 Å². The van der Waals surface area contributed by atoms with Gasteiger partial charge < -0.3 is 0 Å². The first-order valence-electron chi connectivity index (χ1n) is 5.63. The molecule has 0 unspecified atom stereocenters. The number of hydrogen-bond acceptors (Lipinski definition) is 1. The molecule has 3 aromatic rings. The predicted octanol–water partition coefficient (Wildman–Crippen LogP) is 2.91. The van der Waals surface area contributed by atoms with E-state index in [4.69, 9.17) is 11.6 Å². The van der Waals surface area contributed by atoms with Gasteiger partial charge in [0.25, 0.3) is 0 Å². The maximum atomic E-state index is 5.90. The second-order valence-corrected chi connectivity index (χ2v) is 4.31. The van der Waals surface area contributed by atoms with E-state index in [0.29, 0.717) is 5.88 Å². The average Bonchev–Trinajstić information content (AvgIpc) is 2.39. The minimum Gasteiger partial charge on any atom is -0.235 e. The monoisotopic (exact) mass is 243 g/mol. The third kappa shape index (κ3) is 1.75. The molecule has 0 spiro atoms. The van der Waals surface area contributed by atoms with Crippen molar-refractivity contribution in [3.05, 3.63) is 48.5 Å². The number of hydrogen-bond donors (Lipinski definition) is 0. The lowest BCUT2D eigenvalue weighted by Gasteiger charge is -2.03. The maximum Gasteiger partial charge on any atom is 0.231 e. The molecule has 3 rings (SSSR count). The summed E-state index contributed by atoms with van der Waals surface area (Å²) in [5.41, 5.74) is 4.28. The highest BCUT2D eigenvalue weighted by molar-refractivity contribution is 6.17. The quantitative estimate of drug-likeness (QED) is 0.384. The first-order valence-corrected chi connectivity index (χ1v) is 6.17. The number of aromatic nitrogens is 2. The lowest BCUT2D eigenvalue weighted by Crippen LogP contribution is -2.36. The average molecular weight is 244 g/mol. The molecule has 2 aromatic carbocycles. The van der Waals surface area contributed by atoms with Crippen molar-refractivity contribution in [3.8, 4) is 0 Å². The van der Waals surface area contributed by atoms with Crippen molar-refractivity contribution in [3.63, 3.8) is 0 Å². The van der Waals surface area contributed by atoms with Gasteiger partial charge in [-0.3, -0.25) is 0 Å². The standard InChI is InChI=1S/C14H12ClN2/c15-9-10-17-13-7-3-1-5-11(13)16-12-6-2-4-8-14(12)17/h1-8H,9-10H2/q+1. The summed E-state index contributed by atoms with van der Waals surface area (Å²) in [6.07, 6.45) is 0. The van der Waals surface area contributed by atoms with Crippen LogP contribution in [0.1, 0.15) is 0 Å². The molecule has 0 saturated carbocycles. The normalized spacial score (nSPS) is 11.1. The number of benzene rings is 2. The number of nitrogens with zero attached hydrogens (tertiary/aromatic N) is 2. The summed E-state index contributed by atoms with van der Waals surface area (Å²) in [6.45, 7) is 0.797. The van der Waals surface area contributed by atoms with Gasteiger partial charge in [0.1, 0.15) is 11.0 Å². The van der Waals surface area contributed by atoms with Gasteiger partial charge in [0, 0.05) is 12.1 Å². The summed E-state index contributed by atoms with van der Waals surface area (Å²) >= 11 is 5.90. The number of aryl methyl sites for hydroxylation is 1. The van der Waals surface area contributed by atoms with E-state index in [1.165, 1.54) is 0 Å². The minimum absolute atomic E-state index is 0.600. The molecule has 0 bridgehead atoms. The molecule has 1 aromatic heterocycles.